The molecule has 0 aliphatic heterocycles. The molecule has 3 nitrogen and oxygen atoms in total. The van der Waals surface area contributed by atoms with E-state index in [9.17, 15) is 0 Å². The second-order valence-electron chi connectivity index (χ2n) is 8.77. The minimum atomic E-state index is 0.0845. The van der Waals surface area contributed by atoms with Gasteiger partial charge in [0.25, 0.3) is 0 Å². The lowest BCUT2D eigenvalue weighted by Gasteiger charge is -2.35. The van der Waals surface area contributed by atoms with E-state index in [1.54, 1.807) is 0 Å². The quantitative estimate of drug-likeness (QED) is 0.588. The molecule has 0 saturated heterocycles. The van der Waals surface area contributed by atoms with Gasteiger partial charge in [0.2, 0.25) is 0 Å². The molecule has 1 N–H and O–H groups in total. The van der Waals surface area contributed by atoms with Crippen LogP contribution in [0.25, 0.3) is 10.9 Å². The van der Waals surface area contributed by atoms with Gasteiger partial charge in [0.1, 0.15) is 0 Å². The third-order valence-corrected chi connectivity index (χ3v) is 5.62. The number of halogens is 1. The van der Waals surface area contributed by atoms with Crippen LogP contribution in [0.5, 0.6) is 0 Å². The molecule has 2 aliphatic rings. The lowest BCUT2D eigenvalue weighted by Crippen LogP contribution is -2.42. The molecule has 2 aliphatic carbocycles. The van der Waals surface area contributed by atoms with Crippen LogP contribution in [0.3, 0.4) is 0 Å². The van der Waals surface area contributed by atoms with Gasteiger partial charge in [-0.25, -0.2) is 0 Å². The first-order chi connectivity index (χ1) is 14.5. The van der Waals surface area contributed by atoms with Crippen molar-refractivity contribution in [3.63, 3.8) is 0 Å². The highest BCUT2D eigenvalue weighted by atomic mass is 35.5. The van der Waals surface area contributed by atoms with E-state index in [-0.39, 0.29) is 5.41 Å². The largest absolute Gasteiger partial charge is 0.384 e. The Balaban J connectivity index is 1.40. The molecule has 0 atom stereocenters. The molecule has 2 aromatic rings. The highest BCUT2D eigenvalue weighted by Gasteiger charge is 2.29. The number of hydrogen-bond acceptors (Lipinski definition) is 3. The Hall–Kier alpha value is -1.32. The highest BCUT2D eigenvalue weighted by Crippen LogP contribution is 2.30. The van der Waals surface area contributed by atoms with Crippen LogP contribution in [0, 0.1) is 68.6 Å². The van der Waals surface area contributed by atoms with E-state index in [1.807, 2.05) is 30.5 Å². The Morgan fingerprint density at radius 1 is 0.933 bits per heavy atom. The average molecular weight is 418 g/mol. The minimum Gasteiger partial charge on any atom is -0.384 e. The Kier molecular flexibility index (Phi) is 7.20. The predicted molar refractivity (Wildman–Crippen MR) is 126 cm³/mol. The second kappa shape index (κ2) is 9.87. The molecule has 1 aromatic heterocycles. The summed E-state index contributed by atoms with van der Waals surface area (Å²) in [5.41, 5.74) is 2.10. The van der Waals surface area contributed by atoms with E-state index >= 15 is 0 Å². The molecule has 4 rings (SSSR count). The summed E-state index contributed by atoms with van der Waals surface area (Å²) in [6.45, 7) is 8.42. The van der Waals surface area contributed by atoms with Gasteiger partial charge in [-0.1, -0.05) is 25.4 Å². The summed E-state index contributed by atoms with van der Waals surface area (Å²) in [6, 6.07) is 7.91. The molecule has 30 heavy (non-hydrogen) atoms. The topological polar surface area (TPSA) is 28.2 Å². The zero-order valence-corrected chi connectivity index (χ0v) is 18.4. The van der Waals surface area contributed by atoms with E-state index in [0.29, 0.717) is 5.02 Å². The Bertz CT molecular complexity index is 804. The number of benzene rings is 1. The lowest BCUT2D eigenvalue weighted by molar-refractivity contribution is 0.203. The van der Waals surface area contributed by atoms with Gasteiger partial charge < -0.3 is 10.2 Å². The van der Waals surface area contributed by atoms with Crippen molar-refractivity contribution in [1.29, 1.82) is 0 Å². The van der Waals surface area contributed by atoms with E-state index in [0.717, 1.165) is 42.8 Å². The maximum atomic E-state index is 6.13. The Morgan fingerprint density at radius 3 is 2.20 bits per heavy atom. The van der Waals surface area contributed by atoms with Crippen molar-refractivity contribution in [3.8, 4) is 0 Å². The first kappa shape index (κ1) is 21.9. The van der Waals surface area contributed by atoms with Crippen molar-refractivity contribution in [2.45, 2.75) is 13.8 Å². The van der Waals surface area contributed by atoms with Gasteiger partial charge >= 0.3 is 0 Å². The number of rotatable bonds is 9. The Labute approximate surface area is 187 Å². The van der Waals surface area contributed by atoms with Crippen molar-refractivity contribution >= 4 is 28.2 Å². The van der Waals surface area contributed by atoms with Crippen LogP contribution >= 0.6 is 11.6 Å². The number of pyridine rings is 1. The van der Waals surface area contributed by atoms with Gasteiger partial charge in [0, 0.05) is 48.5 Å². The molecule has 0 bridgehead atoms. The van der Waals surface area contributed by atoms with Crippen molar-refractivity contribution < 1.29 is 0 Å². The molecular formula is C26H28ClN3. The third kappa shape index (κ3) is 5.88. The smallest absolute Gasteiger partial charge is 0.0737 e. The van der Waals surface area contributed by atoms with Crippen LogP contribution in [0.1, 0.15) is 13.8 Å². The number of aromatic nitrogens is 1. The van der Waals surface area contributed by atoms with Crippen LogP contribution in [0.2, 0.25) is 5.02 Å². The number of nitrogens with one attached hydrogen (secondary N) is 1. The summed E-state index contributed by atoms with van der Waals surface area (Å²) >= 11 is 6.13. The van der Waals surface area contributed by atoms with Crippen LogP contribution in [-0.4, -0.2) is 36.1 Å². The zero-order valence-electron chi connectivity index (χ0n) is 17.6. The molecule has 0 amide bonds. The van der Waals surface area contributed by atoms with Gasteiger partial charge in [0.05, 0.1) is 5.52 Å². The molecule has 10 radical (unpaired) electrons. The third-order valence-electron chi connectivity index (χ3n) is 5.39. The maximum Gasteiger partial charge on any atom is 0.0737 e. The van der Waals surface area contributed by atoms with Gasteiger partial charge in [0.15, 0.2) is 0 Å². The fourth-order valence-electron chi connectivity index (χ4n) is 3.99. The van der Waals surface area contributed by atoms with Crippen LogP contribution in [0.4, 0.5) is 5.69 Å². The second-order valence-corrected chi connectivity index (χ2v) is 9.21. The van der Waals surface area contributed by atoms with Crippen LogP contribution in [-0.2, 0) is 0 Å². The SMILES string of the molecule is CC(C)(CNc1ccnc2cc(Cl)ccc12)CN(C[C]1[CH][CH][CH][CH]1)C[C]1[CH][CH][CH][CH]1. The summed E-state index contributed by atoms with van der Waals surface area (Å²) < 4.78 is 0. The number of anilines is 1. The number of hydrogen-bond donors (Lipinski definition) is 1. The monoisotopic (exact) mass is 417 g/mol. The normalized spacial score (nSPS) is 18.7. The molecule has 2 saturated carbocycles. The predicted octanol–water partition coefficient (Wildman–Crippen LogP) is 5.44. The van der Waals surface area contributed by atoms with E-state index < -0.39 is 0 Å². The lowest BCUT2D eigenvalue weighted by atomic mass is 9.91. The molecule has 0 unspecified atom stereocenters. The van der Waals surface area contributed by atoms with Gasteiger partial charge in [-0.05, 0) is 92.9 Å². The molecule has 4 heteroatoms. The van der Waals surface area contributed by atoms with Crippen molar-refractivity contribution in [2.75, 3.05) is 31.5 Å². The average Bonchev–Trinajstić information content (AvgIpc) is 3.40. The zero-order chi connectivity index (χ0) is 21.0. The van der Waals surface area contributed by atoms with Crippen LogP contribution in [0.15, 0.2) is 30.5 Å². The van der Waals surface area contributed by atoms with E-state index in [1.165, 1.54) is 11.8 Å². The number of fused-ring (bicyclic) bond motifs is 1. The number of nitrogens with zero attached hydrogens (tertiary/aromatic N) is 2. The summed E-state index contributed by atoms with van der Waals surface area (Å²) in [6.07, 6.45) is 19.1. The Morgan fingerprint density at radius 2 is 1.57 bits per heavy atom. The summed E-state index contributed by atoms with van der Waals surface area (Å²) in [5, 5.41) is 5.47. The van der Waals surface area contributed by atoms with Crippen molar-refractivity contribution in [1.82, 2.24) is 9.88 Å². The van der Waals surface area contributed by atoms with E-state index in [4.69, 9.17) is 11.6 Å². The highest BCUT2D eigenvalue weighted by molar-refractivity contribution is 6.31. The summed E-state index contributed by atoms with van der Waals surface area (Å²) in [5.74, 6) is 2.73. The van der Waals surface area contributed by atoms with Crippen LogP contribution < -0.4 is 5.32 Å². The minimum absolute atomic E-state index is 0.0845. The van der Waals surface area contributed by atoms with Crippen molar-refractivity contribution in [3.05, 3.63) is 98.7 Å². The molecule has 154 valence electrons. The molecule has 0 spiro atoms. The maximum absolute atomic E-state index is 6.13. The van der Waals surface area contributed by atoms with E-state index in [2.05, 4.69) is 80.4 Å². The standard InChI is InChI=1S/C26H28ClN3/c1-26(2,18-29-24-13-14-28-25-15-22(27)11-12-23(24)25)19-30(16-20-7-3-4-8-20)17-21-9-5-6-10-21/h3-15H,16-19H2,1-2H3,(H,28,29). The molecular weight excluding hydrogens is 390 g/mol. The van der Waals surface area contributed by atoms with Gasteiger partial charge in [-0.15, -0.1) is 0 Å². The molecule has 2 fully saturated rings. The first-order valence-corrected chi connectivity index (χ1v) is 10.8. The first-order valence-electron chi connectivity index (χ1n) is 10.4. The van der Waals surface area contributed by atoms with Gasteiger partial charge in [-0.2, -0.15) is 0 Å². The molecule has 1 aromatic carbocycles. The molecule has 1 heterocycles. The van der Waals surface area contributed by atoms with Gasteiger partial charge in [-0.3, -0.25) is 4.98 Å². The van der Waals surface area contributed by atoms with Crippen molar-refractivity contribution in [2.24, 2.45) is 5.41 Å². The fourth-order valence-corrected chi connectivity index (χ4v) is 4.16. The summed E-state index contributed by atoms with van der Waals surface area (Å²) in [7, 11) is 0. The summed E-state index contributed by atoms with van der Waals surface area (Å²) in [4.78, 5) is 6.98. The fraction of sp³-hybridized carbons (Fsp3) is 0.269.